The predicted octanol–water partition coefficient (Wildman–Crippen LogP) is 4.21. The second-order valence-electron chi connectivity index (χ2n) is 8.66. The maximum absolute atomic E-state index is 12.9. The highest BCUT2D eigenvalue weighted by molar-refractivity contribution is 5.94. The van der Waals surface area contributed by atoms with Gasteiger partial charge in [-0.3, -0.25) is 14.7 Å². The quantitative estimate of drug-likeness (QED) is 0.474. The van der Waals surface area contributed by atoms with Crippen LogP contribution >= 0.6 is 0 Å². The SMILES string of the molecule is CCOc1cc(C(=O)NCc2cccc(CN3CCOC(C)C3)c2)ccc1OCc1cccnc1. The second kappa shape index (κ2) is 12.3. The van der Waals surface area contributed by atoms with E-state index >= 15 is 0 Å². The molecule has 1 N–H and O–H groups in total. The Hall–Kier alpha value is -3.42. The Morgan fingerprint density at radius 3 is 2.74 bits per heavy atom. The second-order valence-corrected chi connectivity index (χ2v) is 8.66. The van der Waals surface area contributed by atoms with E-state index in [2.05, 4.69) is 34.3 Å². The number of aromatic nitrogens is 1. The third-order valence-corrected chi connectivity index (χ3v) is 5.80. The molecule has 7 heteroatoms. The summed E-state index contributed by atoms with van der Waals surface area (Å²) in [6, 6.07) is 17.4. The molecule has 0 bridgehead atoms. The molecule has 0 spiro atoms. The molecule has 1 aromatic heterocycles. The van der Waals surface area contributed by atoms with Crippen molar-refractivity contribution in [2.75, 3.05) is 26.3 Å². The lowest BCUT2D eigenvalue weighted by Crippen LogP contribution is -2.40. The lowest BCUT2D eigenvalue weighted by molar-refractivity contribution is -0.0212. The fourth-order valence-corrected chi connectivity index (χ4v) is 4.10. The minimum absolute atomic E-state index is 0.155. The molecule has 35 heavy (non-hydrogen) atoms. The summed E-state index contributed by atoms with van der Waals surface area (Å²) in [5.41, 5.74) is 3.79. The zero-order chi connectivity index (χ0) is 24.5. The average molecular weight is 476 g/mol. The van der Waals surface area contributed by atoms with Crippen molar-refractivity contribution in [1.82, 2.24) is 15.2 Å². The topological polar surface area (TPSA) is 72.9 Å². The van der Waals surface area contributed by atoms with Crippen molar-refractivity contribution in [3.63, 3.8) is 0 Å². The number of amides is 1. The van der Waals surface area contributed by atoms with Crippen LogP contribution in [-0.4, -0.2) is 48.2 Å². The Kier molecular flexibility index (Phi) is 8.70. The van der Waals surface area contributed by atoms with Gasteiger partial charge in [0.1, 0.15) is 6.61 Å². The van der Waals surface area contributed by atoms with E-state index in [0.717, 1.165) is 37.4 Å². The summed E-state index contributed by atoms with van der Waals surface area (Å²) in [6.45, 7) is 8.84. The minimum atomic E-state index is -0.155. The van der Waals surface area contributed by atoms with Crippen LogP contribution in [0, 0.1) is 0 Å². The minimum Gasteiger partial charge on any atom is -0.490 e. The highest BCUT2D eigenvalue weighted by atomic mass is 16.5. The molecule has 7 nitrogen and oxygen atoms in total. The van der Waals surface area contributed by atoms with Crippen LogP contribution in [0.3, 0.4) is 0 Å². The molecule has 0 saturated carbocycles. The number of nitrogens with zero attached hydrogens (tertiary/aromatic N) is 2. The summed E-state index contributed by atoms with van der Waals surface area (Å²) < 4.78 is 17.3. The van der Waals surface area contributed by atoms with Gasteiger partial charge in [0, 0.05) is 49.7 Å². The van der Waals surface area contributed by atoms with Crippen LogP contribution < -0.4 is 14.8 Å². The largest absolute Gasteiger partial charge is 0.490 e. The maximum Gasteiger partial charge on any atom is 0.251 e. The smallest absolute Gasteiger partial charge is 0.251 e. The van der Waals surface area contributed by atoms with Gasteiger partial charge in [-0.1, -0.05) is 30.3 Å². The van der Waals surface area contributed by atoms with E-state index in [0.29, 0.717) is 36.8 Å². The molecule has 4 rings (SSSR count). The number of carbonyl (C=O) groups is 1. The number of hydrogen-bond acceptors (Lipinski definition) is 6. The van der Waals surface area contributed by atoms with Crippen LogP contribution in [0.25, 0.3) is 0 Å². The maximum atomic E-state index is 12.9. The summed E-state index contributed by atoms with van der Waals surface area (Å²) in [6.07, 6.45) is 3.75. The van der Waals surface area contributed by atoms with E-state index in [-0.39, 0.29) is 12.0 Å². The summed E-state index contributed by atoms with van der Waals surface area (Å²) in [7, 11) is 0. The van der Waals surface area contributed by atoms with E-state index in [9.17, 15) is 4.79 Å². The number of hydrogen-bond donors (Lipinski definition) is 1. The molecule has 0 aliphatic carbocycles. The van der Waals surface area contributed by atoms with Gasteiger partial charge in [0.05, 0.1) is 19.3 Å². The zero-order valence-electron chi connectivity index (χ0n) is 20.4. The fraction of sp³-hybridized carbons (Fsp3) is 0.357. The summed E-state index contributed by atoms with van der Waals surface area (Å²) in [5.74, 6) is 0.986. The molecular weight excluding hydrogens is 442 g/mol. The molecule has 1 amide bonds. The summed E-state index contributed by atoms with van der Waals surface area (Å²) in [4.78, 5) is 19.4. The first kappa shape index (κ1) is 24.7. The Balaban J connectivity index is 1.35. The molecule has 1 saturated heterocycles. The Morgan fingerprint density at radius 2 is 1.94 bits per heavy atom. The standard InChI is InChI=1S/C28H33N3O4/c1-3-33-27-15-25(9-10-26(27)35-20-24-8-5-11-29-16-24)28(32)30-17-22-6-4-7-23(14-22)19-31-12-13-34-21(2)18-31/h4-11,14-16,21H,3,12-13,17-20H2,1-2H3,(H,30,32). The summed E-state index contributed by atoms with van der Waals surface area (Å²) in [5, 5.41) is 3.02. The van der Waals surface area contributed by atoms with Crippen molar-refractivity contribution in [2.45, 2.75) is 39.6 Å². The van der Waals surface area contributed by atoms with Crippen molar-refractivity contribution in [3.05, 3.63) is 89.2 Å². The van der Waals surface area contributed by atoms with Crippen LogP contribution in [0.5, 0.6) is 11.5 Å². The third-order valence-electron chi connectivity index (χ3n) is 5.80. The van der Waals surface area contributed by atoms with Crippen LogP contribution in [0.2, 0.25) is 0 Å². The van der Waals surface area contributed by atoms with E-state index in [1.54, 1.807) is 30.6 Å². The van der Waals surface area contributed by atoms with Gasteiger partial charge in [0.15, 0.2) is 11.5 Å². The number of morpholine rings is 1. The fourth-order valence-electron chi connectivity index (χ4n) is 4.10. The lowest BCUT2D eigenvalue weighted by atomic mass is 10.1. The molecule has 2 aromatic carbocycles. The first-order valence-electron chi connectivity index (χ1n) is 12.1. The van der Waals surface area contributed by atoms with Crippen molar-refractivity contribution < 1.29 is 19.0 Å². The molecule has 1 unspecified atom stereocenters. The van der Waals surface area contributed by atoms with Crippen molar-refractivity contribution >= 4 is 5.91 Å². The highest BCUT2D eigenvalue weighted by Crippen LogP contribution is 2.29. The third kappa shape index (κ3) is 7.28. The molecule has 0 radical (unpaired) electrons. The number of benzene rings is 2. The van der Waals surface area contributed by atoms with E-state index in [1.165, 1.54) is 5.56 Å². The molecule has 1 fully saturated rings. The van der Waals surface area contributed by atoms with Gasteiger partial charge in [-0.05, 0) is 49.2 Å². The molecule has 1 atom stereocenters. The predicted molar refractivity (Wildman–Crippen MR) is 134 cm³/mol. The first-order valence-corrected chi connectivity index (χ1v) is 12.1. The zero-order valence-corrected chi connectivity index (χ0v) is 20.4. The van der Waals surface area contributed by atoms with Gasteiger partial charge < -0.3 is 19.5 Å². The normalized spacial score (nSPS) is 16.0. The first-order chi connectivity index (χ1) is 17.1. The van der Waals surface area contributed by atoms with Crippen molar-refractivity contribution in [1.29, 1.82) is 0 Å². The van der Waals surface area contributed by atoms with E-state index in [4.69, 9.17) is 14.2 Å². The molecule has 1 aliphatic rings. The van der Waals surface area contributed by atoms with E-state index < -0.39 is 0 Å². The number of nitrogens with one attached hydrogen (secondary N) is 1. The van der Waals surface area contributed by atoms with Gasteiger partial charge >= 0.3 is 0 Å². The van der Waals surface area contributed by atoms with Crippen LogP contribution in [-0.2, 0) is 24.4 Å². The lowest BCUT2D eigenvalue weighted by Gasteiger charge is -2.31. The van der Waals surface area contributed by atoms with Gasteiger partial charge in [-0.2, -0.15) is 0 Å². The Bertz CT molecular complexity index is 1110. The van der Waals surface area contributed by atoms with Gasteiger partial charge in [-0.25, -0.2) is 0 Å². The molecule has 2 heterocycles. The molecule has 184 valence electrons. The van der Waals surface area contributed by atoms with Crippen LogP contribution in [0.1, 0.15) is 40.9 Å². The number of carbonyl (C=O) groups excluding carboxylic acids is 1. The highest BCUT2D eigenvalue weighted by Gasteiger charge is 2.17. The van der Waals surface area contributed by atoms with E-state index in [1.807, 2.05) is 31.2 Å². The van der Waals surface area contributed by atoms with Crippen molar-refractivity contribution in [3.8, 4) is 11.5 Å². The van der Waals surface area contributed by atoms with Crippen molar-refractivity contribution in [2.24, 2.45) is 0 Å². The number of pyridine rings is 1. The summed E-state index contributed by atoms with van der Waals surface area (Å²) >= 11 is 0. The molecule has 1 aliphatic heterocycles. The Labute approximate surface area is 207 Å². The van der Waals surface area contributed by atoms with Gasteiger partial charge in [0.2, 0.25) is 0 Å². The monoisotopic (exact) mass is 475 g/mol. The Morgan fingerprint density at radius 1 is 1.09 bits per heavy atom. The van der Waals surface area contributed by atoms with Gasteiger partial charge in [0.25, 0.3) is 5.91 Å². The van der Waals surface area contributed by atoms with Gasteiger partial charge in [-0.15, -0.1) is 0 Å². The van der Waals surface area contributed by atoms with Crippen LogP contribution in [0.15, 0.2) is 67.0 Å². The van der Waals surface area contributed by atoms with Crippen LogP contribution in [0.4, 0.5) is 0 Å². The number of rotatable bonds is 10. The average Bonchev–Trinajstić information content (AvgIpc) is 2.87. The number of ether oxygens (including phenoxy) is 3. The molecular formula is C28H33N3O4. The molecule has 3 aromatic rings.